The van der Waals surface area contributed by atoms with Crippen LogP contribution in [0.2, 0.25) is 0 Å². The average Bonchev–Trinajstić information content (AvgIpc) is 2.37. The Hall–Kier alpha value is -0.160. The van der Waals surface area contributed by atoms with E-state index in [0.717, 1.165) is 19.7 Å². The molecule has 0 radical (unpaired) electrons. The molecule has 4 nitrogen and oxygen atoms in total. The van der Waals surface area contributed by atoms with E-state index in [9.17, 15) is 0 Å². The van der Waals surface area contributed by atoms with Crippen LogP contribution in [0, 0.1) is 0 Å². The second kappa shape index (κ2) is 6.33. The normalized spacial score (nSPS) is 28.5. The van der Waals surface area contributed by atoms with E-state index < -0.39 is 0 Å². The highest BCUT2D eigenvalue weighted by atomic mass is 16.5. The smallest absolute Gasteiger partial charge is 0.0712 e. The summed E-state index contributed by atoms with van der Waals surface area (Å²) in [6.45, 7) is 15.9. The zero-order valence-corrected chi connectivity index (χ0v) is 12.2. The zero-order valence-electron chi connectivity index (χ0n) is 12.2. The minimum atomic E-state index is 0.322. The van der Waals surface area contributed by atoms with E-state index >= 15 is 0 Å². The maximum absolute atomic E-state index is 5.74. The molecule has 2 aliphatic rings. The summed E-state index contributed by atoms with van der Waals surface area (Å²) in [4.78, 5) is 5.17. The molecule has 18 heavy (non-hydrogen) atoms. The van der Waals surface area contributed by atoms with Crippen LogP contribution < -0.4 is 5.32 Å². The minimum absolute atomic E-state index is 0.322. The van der Waals surface area contributed by atoms with Crippen molar-refractivity contribution in [1.82, 2.24) is 15.1 Å². The van der Waals surface area contributed by atoms with Crippen molar-refractivity contribution in [3.63, 3.8) is 0 Å². The van der Waals surface area contributed by atoms with E-state index in [-0.39, 0.29) is 0 Å². The third-order valence-electron chi connectivity index (χ3n) is 4.09. The minimum Gasteiger partial charge on any atom is -0.376 e. The van der Waals surface area contributed by atoms with Crippen LogP contribution in [0.3, 0.4) is 0 Å². The lowest BCUT2D eigenvalue weighted by Crippen LogP contribution is -2.53. The Morgan fingerprint density at radius 3 is 2.44 bits per heavy atom. The Morgan fingerprint density at radius 2 is 1.89 bits per heavy atom. The maximum Gasteiger partial charge on any atom is 0.0712 e. The largest absolute Gasteiger partial charge is 0.376 e. The molecule has 2 saturated heterocycles. The molecule has 0 aromatic heterocycles. The highest BCUT2D eigenvalue weighted by Gasteiger charge is 2.26. The van der Waals surface area contributed by atoms with Gasteiger partial charge in [-0.2, -0.15) is 0 Å². The predicted octanol–water partition coefficient (Wildman–Crippen LogP) is 0.781. The summed E-state index contributed by atoms with van der Waals surface area (Å²) < 4.78 is 5.74. The lowest BCUT2D eigenvalue weighted by atomic mass is 10.0. The molecule has 0 aromatic rings. The number of nitrogens with one attached hydrogen (secondary N) is 1. The van der Waals surface area contributed by atoms with Crippen molar-refractivity contribution in [2.24, 2.45) is 0 Å². The Morgan fingerprint density at radius 1 is 1.17 bits per heavy atom. The molecule has 2 fully saturated rings. The molecule has 0 saturated carbocycles. The van der Waals surface area contributed by atoms with Crippen molar-refractivity contribution in [3.05, 3.63) is 0 Å². The molecule has 0 bridgehead atoms. The van der Waals surface area contributed by atoms with E-state index in [1.807, 2.05) is 0 Å². The molecule has 2 heterocycles. The second-order valence-electron chi connectivity index (χ2n) is 6.49. The van der Waals surface area contributed by atoms with Gasteiger partial charge in [0.1, 0.15) is 0 Å². The van der Waals surface area contributed by atoms with Crippen LogP contribution in [-0.4, -0.2) is 73.9 Å². The Balaban J connectivity index is 1.64. The van der Waals surface area contributed by atoms with Crippen LogP contribution in [0.1, 0.15) is 27.2 Å². The van der Waals surface area contributed by atoms with Gasteiger partial charge in [-0.15, -0.1) is 0 Å². The number of piperazine rings is 1. The highest BCUT2D eigenvalue weighted by Crippen LogP contribution is 2.16. The Labute approximate surface area is 112 Å². The van der Waals surface area contributed by atoms with Crippen LogP contribution in [-0.2, 0) is 4.74 Å². The monoisotopic (exact) mass is 255 g/mol. The first-order chi connectivity index (χ1) is 8.55. The number of morpholine rings is 1. The van der Waals surface area contributed by atoms with Gasteiger partial charge >= 0.3 is 0 Å². The molecule has 1 N–H and O–H groups in total. The Kier molecular flexibility index (Phi) is 5.01. The summed E-state index contributed by atoms with van der Waals surface area (Å²) in [5.41, 5.74) is 0.322. The van der Waals surface area contributed by atoms with E-state index in [2.05, 4.69) is 35.9 Å². The summed E-state index contributed by atoms with van der Waals surface area (Å²) in [6.07, 6.45) is 1.60. The first-order valence-electron chi connectivity index (χ1n) is 7.35. The molecule has 106 valence electrons. The number of ether oxygens (including phenoxy) is 1. The fourth-order valence-corrected chi connectivity index (χ4v) is 2.77. The van der Waals surface area contributed by atoms with Crippen LogP contribution >= 0.6 is 0 Å². The molecule has 0 amide bonds. The van der Waals surface area contributed by atoms with Gasteiger partial charge in [-0.25, -0.2) is 0 Å². The number of hydrogen-bond acceptors (Lipinski definition) is 4. The van der Waals surface area contributed by atoms with Crippen molar-refractivity contribution in [2.75, 3.05) is 52.4 Å². The van der Waals surface area contributed by atoms with E-state index in [1.54, 1.807) is 0 Å². The van der Waals surface area contributed by atoms with Crippen molar-refractivity contribution >= 4 is 0 Å². The lowest BCUT2D eigenvalue weighted by molar-refractivity contribution is 0.00882. The third-order valence-corrected chi connectivity index (χ3v) is 4.09. The van der Waals surface area contributed by atoms with Gasteiger partial charge in [0.2, 0.25) is 0 Å². The van der Waals surface area contributed by atoms with Gasteiger partial charge in [0.05, 0.1) is 12.7 Å². The quantitative estimate of drug-likeness (QED) is 0.806. The zero-order chi connectivity index (χ0) is 13.0. The summed E-state index contributed by atoms with van der Waals surface area (Å²) in [7, 11) is 0. The standard InChI is InChI=1S/C14H29N3O/c1-14(2,3)17-9-7-16(8-10-17)6-4-13-12-15-5-11-18-13/h13,15H,4-12H2,1-3H3. The fraction of sp³-hybridized carbons (Fsp3) is 1.00. The van der Waals surface area contributed by atoms with Crippen molar-refractivity contribution < 1.29 is 4.74 Å². The summed E-state index contributed by atoms with van der Waals surface area (Å²) in [5, 5.41) is 3.40. The molecular formula is C14H29N3O. The molecule has 4 heteroatoms. The molecule has 0 aromatic carbocycles. The maximum atomic E-state index is 5.74. The summed E-state index contributed by atoms with van der Waals surface area (Å²) in [5.74, 6) is 0. The Bertz CT molecular complexity index is 238. The van der Waals surface area contributed by atoms with E-state index in [1.165, 1.54) is 39.1 Å². The lowest BCUT2D eigenvalue weighted by Gasteiger charge is -2.42. The van der Waals surface area contributed by atoms with Crippen LogP contribution in [0.4, 0.5) is 0 Å². The van der Waals surface area contributed by atoms with E-state index in [4.69, 9.17) is 4.74 Å². The van der Waals surface area contributed by atoms with Crippen LogP contribution in [0.15, 0.2) is 0 Å². The van der Waals surface area contributed by atoms with Gasteiger partial charge in [-0.1, -0.05) is 0 Å². The predicted molar refractivity (Wildman–Crippen MR) is 75.0 cm³/mol. The number of hydrogen-bond donors (Lipinski definition) is 1. The first kappa shape index (κ1) is 14.3. The molecule has 1 unspecified atom stereocenters. The molecule has 0 aliphatic carbocycles. The number of nitrogens with zero attached hydrogens (tertiary/aromatic N) is 2. The summed E-state index contributed by atoms with van der Waals surface area (Å²) in [6, 6.07) is 0. The van der Waals surface area contributed by atoms with Crippen molar-refractivity contribution in [2.45, 2.75) is 38.8 Å². The first-order valence-corrected chi connectivity index (χ1v) is 7.35. The molecule has 0 spiro atoms. The van der Waals surface area contributed by atoms with E-state index in [0.29, 0.717) is 11.6 Å². The van der Waals surface area contributed by atoms with Crippen molar-refractivity contribution in [1.29, 1.82) is 0 Å². The second-order valence-corrected chi connectivity index (χ2v) is 6.49. The van der Waals surface area contributed by atoms with Crippen LogP contribution in [0.5, 0.6) is 0 Å². The van der Waals surface area contributed by atoms with Gasteiger partial charge in [0.25, 0.3) is 0 Å². The fourth-order valence-electron chi connectivity index (χ4n) is 2.77. The van der Waals surface area contributed by atoms with Gasteiger partial charge in [0.15, 0.2) is 0 Å². The molecule has 1 atom stereocenters. The molecule has 2 rings (SSSR count). The molecular weight excluding hydrogens is 226 g/mol. The van der Waals surface area contributed by atoms with Crippen molar-refractivity contribution in [3.8, 4) is 0 Å². The topological polar surface area (TPSA) is 27.7 Å². The summed E-state index contributed by atoms with van der Waals surface area (Å²) >= 11 is 0. The molecule has 2 aliphatic heterocycles. The van der Waals surface area contributed by atoms with Crippen LogP contribution in [0.25, 0.3) is 0 Å². The average molecular weight is 255 g/mol. The number of rotatable bonds is 3. The van der Waals surface area contributed by atoms with Gasteiger partial charge in [-0.05, 0) is 27.2 Å². The van der Waals surface area contributed by atoms with Gasteiger partial charge < -0.3 is 15.0 Å². The highest BCUT2D eigenvalue weighted by molar-refractivity contribution is 4.82. The third kappa shape index (κ3) is 4.19. The van der Waals surface area contributed by atoms with Gasteiger partial charge in [0, 0.05) is 51.4 Å². The SMILES string of the molecule is CC(C)(C)N1CCN(CCC2CNCCO2)CC1. The van der Waals surface area contributed by atoms with Gasteiger partial charge in [-0.3, -0.25) is 4.90 Å².